The highest BCUT2D eigenvalue weighted by molar-refractivity contribution is 5.60. The summed E-state index contributed by atoms with van der Waals surface area (Å²) in [4.78, 5) is 10.8. The van der Waals surface area contributed by atoms with Crippen molar-refractivity contribution in [2.45, 2.75) is 6.16 Å². The normalized spacial score (nSPS) is 27.8. The fraction of sp³-hybridized carbons (Fsp3) is 0.833. The molecule has 0 aromatic heterocycles. The molecule has 0 aromatic rings. The summed E-state index contributed by atoms with van der Waals surface area (Å²) in [6.45, 7) is 1.03. The minimum absolute atomic E-state index is 0.146. The Hall–Kier alpha value is -0.850. The molecule has 2 rings (SSSR count). The summed E-state index contributed by atoms with van der Waals surface area (Å²) in [5.74, 6) is 0. The Kier molecular flexibility index (Phi) is 1.87. The molecule has 0 aliphatic carbocycles. The van der Waals surface area contributed by atoms with E-state index < -0.39 is 12.3 Å². The van der Waals surface area contributed by atoms with Gasteiger partial charge in [0.2, 0.25) is 0 Å². The van der Waals surface area contributed by atoms with Crippen LogP contribution in [0.5, 0.6) is 0 Å². The zero-order chi connectivity index (χ0) is 8.44. The molecule has 0 amide bonds. The zero-order valence-electron chi connectivity index (χ0n) is 6.28. The van der Waals surface area contributed by atoms with Gasteiger partial charge in [-0.05, 0) is 0 Å². The largest absolute Gasteiger partial charge is 0.514 e. The van der Waals surface area contributed by atoms with Crippen molar-refractivity contribution >= 4 is 6.16 Å². The second-order valence-corrected chi connectivity index (χ2v) is 2.25. The van der Waals surface area contributed by atoms with Crippen molar-refractivity contribution in [2.24, 2.45) is 0 Å². The topological polar surface area (TPSA) is 63.2 Å². The predicted molar refractivity (Wildman–Crippen MR) is 33.0 cm³/mol. The Morgan fingerprint density at radius 2 is 1.58 bits per heavy atom. The number of ether oxygens (including phenoxy) is 5. The fourth-order valence-corrected chi connectivity index (χ4v) is 0.970. The first kappa shape index (κ1) is 7.78. The smallest absolute Gasteiger partial charge is 0.432 e. The van der Waals surface area contributed by atoms with Gasteiger partial charge >= 0.3 is 12.3 Å². The van der Waals surface area contributed by atoms with Crippen molar-refractivity contribution in [1.82, 2.24) is 0 Å². The van der Waals surface area contributed by atoms with Gasteiger partial charge in [-0.2, -0.15) is 0 Å². The molecule has 6 heteroatoms. The summed E-state index contributed by atoms with van der Waals surface area (Å²) in [5.41, 5.74) is 0. The second kappa shape index (κ2) is 2.89. The van der Waals surface area contributed by atoms with Gasteiger partial charge in [-0.3, -0.25) is 14.2 Å². The average molecular weight is 176 g/mol. The summed E-state index contributed by atoms with van der Waals surface area (Å²) in [7, 11) is 0. The van der Waals surface area contributed by atoms with Crippen molar-refractivity contribution < 1.29 is 28.5 Å². The van der Waals surface area contributed by atoms with Gasteiger partial charge in [-0.15, -0.1) is 0 Å². The molecule has 0 aromatic carbocycles. The molecule has 0 unspecified atom stereocenters. The minimum atomic E-state index is -1.65. The summed E-state index contributed by atoms with van der Waals surface area (Å²) >= 11 is 0. The van der Waals surface area contributed by atoms with Crippen molar-refractivity contribution in [3.63, 3.8) is 0 Å². The first-order valence-corrected chi connectivity index (χ1v) is 3.58. The standard InChI is InChI=1S/C6H8O6/c7-5-8-1-2-9-6(12-5)10-3-4-11-6/h1-4H2. The van der Waals surface area contributed by atoms with Gasteiger partial charge in [0, 0.05) is 0 Å². The third kappa shape index (κ3) is 1.36. The van der Waals surface area contributed by atoms with Crippen LogP contribution in [0.3, 0.4) is 0 Å². The van der Waals surface area contributed by atoms with Crippen molar-refractivity contribution in [1.29, 1.82) is 0 Å². The number of hydrogen-bond acceptors (Lipinski definition) is 6. The molecule has 68 valence electrons. The van der Waals surface area contributed by atoms with Crippen LogP contribution >= 0.6 is 0 Å². The average Bonchev–Trinajstić information content (AvgIpc) is 2.39. The lowest BCUT2D eigenvalue weighted by Crippen LogP contribution is -2.37. The Labute approximate surface area is 68.3 Å². The number of carbonyl (C=O) groups is 1. The lowest BCUT2D eigenvalue weighted by Gasteiger charge is -2.21. The zero-order valence-corrected chi connectivity index (χ0v) is 6.28. The van der Waals surface area contributed by atoms with Crippen LogP contribution in [0.4, 0.5) is 4.79 Å². The molecule has 0 N–H and O–H groups in total. The Bertz CT molecular complexity index is 184. The van der Waals surface area contributed by atoms with Crippen LogP contribution < -0.4 is 0 Å². The van der Waals surface area contributed by atoms with E-state index in [1.165, 1.54) is 0 Å². The van der Waals surface area contributed by atoms with Crippen LogP contribution in [-0.2, 0) is 23.7 Å². The van der Waals surface area contributed by atoms with E-state index in [0.29, 0.717) is 13.2 Å². The summed E-state index contributed by atoms with van der Waals surface area (Å²) in [6, 6.07) is 0. The second-order valence-electron chi connectivity index (χ2n) is 2.25. The SMILES string of the molecule is O=C1OCCOC2(OCCO2)O1. The monoisotopic (exact) mass is 176 g/mol. The van der Waals surface area contributed by atoms with E-state index in [9.17, 15) is 4.79 Å². The fourth-order valence-electron chi connectivity index (χ4n) is 0.970. The van der Waals surface area contributed by atoms with Gasteiger partial charge in [-0.1, -0.05) is 0 Å². The molecule has 2 saturated heterocycles. The quantitative estimate of drug-likeness (QED) is 0.477. The highest BCUT2D eigenvalue weighted by atomic mass is 17.1. The molecule has 0 bridgehead atoms. The Morgan fingerprint density at radius 1 is 1.00 bits per heavy atom. The van der Waals surface area contributed by atoms with E-state index in [2.05, 4.69) is 9.47 Å². The predicted octanol–water partition coefficient (Wildman–Crippen LogP) is -0.172. The molecule has 2 fully saturated rings. The summed E-state index contributed by atoms with van der Waals surface area (Å²) in [6.07, 6.45) is -2.48. The maximum atomic E-state index is 10.8. The Balaban J connectivity index is 2.07. The minimum Gasteiger partial charge on any atom is -0.432 e. The number of cyclic esters (lactones) is 1. The molecular weight excluding hydrogens is 168 g/mol. The molecule has 12 heavy (non-hydrogen) atoms. The van der Waals surface area contributed by atoms with Gasteiger partial charge in [-0.25, -0.2) is 4.79 Å². The maximum Gasteiger partial charge on any atom is 0.514 e. The van der Waals surface area contributed by atoms with E-state index >= 15 is 0 Å². The van der Waals surface area contributed by atoms with Crippen LogP contribution in [0.25, 0.3) is 0 Å². The molecule has 2 aliphatic heterocycles. The molecule has 1 spiro atoms. The molecule has 2 aliphatic rings. The van der Waals surface area contributed by atoms with E-state index in [1.807, 2.05) is 0 Å². The molecular formula is C6H8O6. The van der Waals surface area contributed by atoms with Gasteiger partial charge < -0.3 is 9.47 Å². The van der Waals surface area contributed by atoms with Crippen molar-refractivity contribution in [2.75, 3.05) is 26.4 Å². The summed E-state index contributed by atoms with van der Waals surface area (Å²) < 4.78 is 24.1. The molecule has 2 heterocycles. The third-order valence-corrected chi connectivity index (χ3v) is 1.43. The first-order valence-electron chi connectivity index (χ1n) is 3.58. The Morgan fingerprint density at radius 3 is 2.25 bits per heavy atom. The first-order chi connectivity index (χ1) is 5.81. The van der Waals surface area contributed by atoms with Crippen LogP contribution in [-0.4, -0.2) is 38.7 Å². The molecule has 0 radical (unpaired) electrons. The van der Waals surface area contributed by atoms with Gasteiger partial charge in [0.25, 0.3) is 0 Å². The number of carbonyl (C=O) groups excluding carboxylic acids is 1. The number of rotatable bonds is 0. The highest BCUT2D eigenvalue weighted by Gasteiger charge is 2.45. The summed E-state index contributed by atoms with van der Waals surface area (Å²) in [5, 5.41) is 0. The maximum absolute atomic E-state index is 10.8. The lowest BCUT2D eigenvalue weighted by atomic mass is 10.8. The number of hydrogen-bond donors (Lipinski definition) is 0. The molecule has 6 nitrogen and oxygen atoms in total. The van der Waals surface area contributed by atoms with E-state index in [4.69, 9.17) is 14.2 Å². The van der Waals surface area contributed by atoms with Gasteiger partial charge in [0.1, 0.15) is 6.61 Å². The van der Waals surface area contributed by atoms with Crippen molar-refractivity contribution in [3.05, 3.63) is 0 Å². The van der Waals surface area contributed by atoms with Gasteiger partial charge in [0.05, 0.1) is 19.8 Å². The highest BCUT2D eigenvalue weighted by Crippen LogP contribution is 2.24. The van der Waals surface area contributed by atoms with Gasteiger partial charge in [0.15, 0.2) is 0 Å². The van der Waals surface area contributed by atoms with Crippen LogP contribution in [0, 0.1) is 0 Å². The van der Waals surface area contributed by atoms with E-state index in [-0.39, 0.29) is 13.2 Å². The van der Waals surface area contributed by atoms with Crippen LogP contribution in [0.15, 0.2) is 0 Å². The van der Waals surface area contributed by atoms with E-state index in [0.717, 1.165) is 0 Å². The molecule has 0 atom stereocenters. The van der Waals surface area contributed by atoms with E-state index in [1.54, 1.807) is 0 Å². The van der Waals surface area contributed by atoms with Crippen molar-refractivity contribution in [3.8, 4) is 0 Å². The van der Waals surface area contributed by atoms with Crippen LogP contribution in [0.2, 0.25) is 0 Å². The molecule has 0 saturated carbocycles. The lowest BCUT2D eigenvalue weighted by molar-refractivity contribution is -0.437. The van der Waals surface area contributed by atoms with Crippen LogP contribution in [0.1, 0.15) is 0 Å². The third-order valence-electron chi connectivity index (χ3n) is 1.43.